The van der Waals surface area contributed by atoms with Crippen LogP contribution in [0, 0.1) is 0 Å². The first-order valence-corrected chi connectivity index (χ1v) is 6.73. The third kappa shape index (κ3) is 10.1. The summed E-state index contributed by atoms with van der Waals surface area (Å²) in [5.41, 5.74) is 4.66. The first-order valence-electron chi connectivity index (χ1n) is 6.73. The van der Waals surface area contributed by atoms with E-state index in [0.29, 0.717) is 46.2 Å². The number of methoxy groups -OCH3 is 1. The molecular formula is C13H27NO6. The van der Waals surface area contributed by atoms with E-state index in [-0.39, 0.29) is 6.61 Å². The minimum atomic E-state index is -1.13. The van der Waals surface area contributed by atoms with E-state index in [1.54, 1.807) is 21.0 Å². The molecule has 0 aromatic heterocycles. The van der Waals surface area contributed by atoms with Gasteiger partial charge in [-0.2, -0.15) is 0 Å². The molecule has 0 aromatic carbocycles. The Balaban J connectivity index is 3.41. The Bertz CT molecular complexity index is 247. The Morgan fingerprint density at radius 1 is 1.00 bits per heavy atom. The SMILES string of the molecule is CCOC(=O)C(C)(N)COCCOCCOCCOC. The smallest absolute Gasteiger partial charge is 0.328 e. The highest BCUT2D eigenvalue weighted by atomic mass is 16.6. The van der Waals surface area contributed by atoms with E-state index in [4.69, 9.17) is 29.4 Å². The quantitative estimate of drug-likeness (QED) is 0.376. The van der Waals surface area contributed by atoms with E-state index < -0.39 is 11.5 Å². The lowest BCUT2D eigenvalue weighted by Gasteiger charge is -2.21. The molecule has 2 N–H and O–H groups in total. The van der Waals surface area contributed by atoms with Gasteiger partial charge in [-0.05, 0) is 13.8 Å². The topological polar surface area (TPSA) is 89.2 Å². The average Bonchev–Trinajstić information content (AvgIpc) is 2.41. The molecule has 0 radical (unpaired) electrons. The summed E-state index contributed by atoms with van der Waals surface area (Å²) in [6.07, 6.45) is 0. The van der Waals surface area contributed by atoms with Gasteiger partial charge in [-0.3, -0.25) is 0 Å². The van der Waals surface area contributed by atoms with Gasteiger partial charge in [-0.1, -0.05) is 0 Å². The summed E-state index contributed by atoms with van der Waals surface area (Å²) in [7, 11) is 1.62. The summed E-state index contributed by atoms with van der Waals surface area (Å²) in [6.45, 7) is 6.64. The van der Waals surface area contributed by atoms with Gasteiger partial charge in [0.05, 0.1) is 52.9 Å². The van der Waals surface area contributed by atoms with E-state index in [9.17, 15) is 4.79 Å². The van der Waals surface area contributed by atoms with Crippen molar-refractivity contribution in [2.45, 2.75) is 19.4 Å². The molecule has 0 aliphatic heterocycles. The Kier molecular flexibility index (Phi) is 11.6. The average molecular weight is 293 g/mol. The van der Waals surface area contributed by atoms with Crippen molar-refractivity contribution in [1.29, 1.82) is 0 Å². The van der Waals surface area contributed by atoms with Crippen LogP contribution in [0.1, 0.15) is 13.8 Å². The molecule has 0 saturated carbocycles. The first kappa shape index (κ1) is 19.3. The number of hydrogen-bond donors (Lipinski definition) is 1. The van der Waals surface area contributed by atoms with Gasteiger partial charge < -0.3 is 29.4 Å². The van der Waals surface area contributed by atoms with Crippen LogP contribution < -0.4 is 5.73 Å². The third-order valence-electron chi connectivity index (χ3n) is 2.32. The summed E-state index contributed by atoms with van der Waals surface area (Å²) < 4.78 is 25.5. The summed E-state index contributed by atoms with van der Waals surface area (Å²) in [4.78, 5) is 11.5. The first-order chi connectivity index (χ1) is 9.54. The zero-order chi connectivity index (χ0) is 15.3. The normalized spacial score (nSPS) is 14.0. The Morgan fingerprint density at radius 2 is 1.50 bits per heavy atom. The minimum absolute atomic E-state index is 0.0968. The Labute approximate surface area is 120 Å². The molecule has 120 valence electrons. The van der Waals surface area contributed by atoms with Gasteiger partial charge in [-0.15, -0.1) is 0 Å². The fourth-order valence-electron chi connectivity index (χ4n) is 1.22. The minimum Gasteiger partial charge on any atom is -0.465 e. The second kappa shape index (κ2) is 12.0. The maximum absolute atomic E-state index is 11.5. The summed E-state index contributed by atoms with van der Waals surface area (Å²) in [5, 5.41) is 0. The van der Waals surface area contributed by atoms with Gasteiger partial charge in [0.2, 0.25) is 0 Å². The lowest BCUT2D eigenvalue weighted by molar-refractivity contribution is -0.151. The van der Waals surface area contributed by atoms with Crippen molar-refractivity contribution >= 4 is 5.97 Å². The Morgan fingerprint density at radius 3 is 2.00 bits per heavy atom. The molecule has 7 nitrogen and oxygen atoms in total. The molecule has 0 heterocycles. The Hall–Kier alpha value is -0.730. The van der Waals surface area contributed by atoms with Crippen molar-refractivity contribution < 1.29 is 28.5 Å². The van der Waals surface area contributed by atoms with Crippen LogP contribution in [-0.4, -0.2) is 71.5 Å². The van der Waals surface area contributed by atoms with Crippen molar-refractivity contribution in [1.82, 2.24) is 0 Å². The zero-order valence-electron chi connectivity index (χ0n) is 12.7. The molecule has 0 rings (SSSR count). The van der Waals surface area contributed by atoms with E-state index in [0.717, 1.165) is 0 Å². The molecule has 0 bridgehead atoms. The predicted molar refractivity (Wildman–Crippen MR) is 73.6 cm³/mol. The fourth-order valence-corrected chi connectivity index (χ4v) is 1.22. The second-order valence-corrected chi connectivity index (χ2v) is 4.41. The van der Waals surface area contributed by atoms with E-state index >= 15 is 0 Å². The zero-order valence-corrected chi connectivity index (χ0v) is 12.7. The van der Waals surface area contributed by atoms with Crippen molar-refractivity contribution in [3.63, 3.8) is 0 Å². The van der Waals surface area contributed by atoms with Crippen LogP contribution in [0.25, 0.3) is 0 Å². The number of ether oxygens (including phenoxy) is 5. The van der Waals surface area contributed by atoms with E-state index in [1.807, 2.05) is 0 Å². The lowest BCUT2D eigenvalue weighted by Crippen LogP contribution is -2.50. The van der Waals surface area contributed by atoms with Gasteiger partial charge in [0.25, 0.3) is 0 Å². The van der Waals surface area contributed by atoms with Gasteiger partial charge in [-0.25, -0.2) is 4.79 Å². The summed E-state index contributed by atoms with van der Waals surface area (Å²) in [5.74, 6) is -0.465. The number of hydrogen-bond acceptors (Lipinski definition) is 7. The van der Waals surface area contributed by atoms with Crippen molar-refractivity contribution in [3.8, 4) is 0 Å². The van der Waals surface area contributed by atoms with E-state index in [2.05, 4.69) is 0 Å². The monoisotopic (exact) mass is 293 g/mol. The van der Waals surface area contributed by atoms with E-state index in [1.165, 1.54) is 0 Å². The summed E-state index contributed by atoms with van der Waals surface area (Å²) >= 11 is 0. The van der Waals surface area contributed by atoms with Crippen LogP contribution in [0.15, 0.2) is 0 Å². The third-order valence-corrected chi connectivity index (χ3v) is 2.32. The largest absolute Gasteiger partial charge is 0.465 e. The van der Waals surface area contributed by atoms with Crippen molar-refractivity contribution in [2.24, 2.45) is 5.73 Å². The fraction of sp³-hybridized carbons (Fsp3) is 0.923. The van der Waals surface area contributed by atoms with Crippen LogP contribution in [0.3, 0.4) is 0 Å². The standard InChI is InChI=1S/C13H27NO6/c1-4-20-12(15)13(2,14)11-19-10-9-18-8-7-17-6-5-16-3/h4-11,14H2,1-3H3. The molecule has 0 spiro atoms. The van der Waals surface area contributed by atoms with Gasteiger partial charge in [0, 0.05) is 7.11 Å². The molecule has 1 unspecified atom stereocenters. The van der Waals surface area contributed by atoms with Gasteiger partial charge in [0.1, 0.15) is 5.54 Å². The van der Waals surface area contributed by atoms with Crippen LogP contribution in [0.5, 0.6) is 0 Å². The maximum atomic E-state index is 11.5. The molecule has 0 aliphatic rings. The molecule has 0 aromatic rings. The highest BCUT2D eigenvalue weighted by Crippen LogP contribution is 2.03. The highest BCUT2D eigenvalue weighted by Gasteiger charge is 2.30. The number of carbonyl (C=O) groups is 1. The molecule has 20 heavy (non-hydrogen) atoms. The second-order valence-electron chi connectivity index (χ2n) is 4.41. The van der Waals surface area contributed by atoms with Crippen LogP contribution in [0.2, 0.25) is 0 Å². The highest BCUT2D eigenvalue weighted by molar-refractivity contribution is 5.80. The molecule has 1 atom stereocenters. The number of rotatable bonds is 13. The molecule has 0 amide bonds. The molecule has 0 aliphatic carbocycles. The maximum Gasteiger partial charge on any atom is 0.328 e. The molecule has 7 heteroatoms. The number of nitrogens with two attached hydrogens (primary N) is 1. The predicted octanol–water partition coefficient (Wildman–Crippen LogP) is -0.0369. The molecular weight excluding hydrogens is 266 g/mol. The summed E-state index contributed by atoms with van der Waals surface area (Å²) in [6, 6.07) is 0. The van der Waals surface area contributed by atoms with Gasteiger partial charge >= 0.3 is 5.97 Å². The number of esters is 1. The van der Waals surface area contributed by atoms with Crippen LogP contribution >= 0.6 is 0 Å². The lowest BCUT2D eigenvalue weighted by atomic mass is 10.1. The molecule has 0 fully saturated rings. The van der Waals surface area contributed by atoms with Crippen LogP contribution in [0.4, 0.5) is 0 Å². The van der Waals surface area contributed by atoms with Crippen LogP contribution in [-0.2, 0) is 28.5 Å². The van der Waals surface area contributed by atoms with Crippen molar-refractivity contribution in [2.75, 3.05) is 60.0 Å². The van der Waals surface area contributed by atoms with Crippen molar-refractivity contribution in [3.05, 3.63) is 0 Å². The van der Waals surface area contributed by atoms with Gasteiger partial charge in [0.15, 0.2) is 0 Å². The molecule has 0 saturated heterocycles. The number of carbonyl (C=O) groups excluding carboxylic acids is 1.